The van der Waals surface area contributed by atoms with Crippen LogP contribution in [-0.2, 0) is 12.8 Å². The van der Waals surface area contributed by atoms with E-state index in [1.807, 2.05) is 0 Å². The van der Waals surface area contributed by atoms with E-state index in [4.69, 9.17) is 4.98 Å². The highest BCUT2D eigenvalue weighted by atomic mass is 15.1. The van der Waals surface area contributed by atoms with Gasteiger partial charge in [-0.25, -0.2) is 4.98 Å². The lowest BCUT2D eigenvalue weighted by atomic mass is 10.1. The second kappa shape index (κ2) is 6.20. The lowest BCUT2D eigenvalue weighted by Crippen LogP contribution is -2.18. The molecule has 104 valence electrons. The van der Waals surface area contributed by atoms with Gasteiger partial charge in [0.05, 0.1) is 11.0 Å². The summed E-state index contributed by atoms with van der Waals surface area (Å²) in [5, 5.41) is 3.38. The number of aryl methyl sites for hydroxylation is 1. The SMILES string of the molecule is CCNCCc1nc2cc(CC)ccc2n1C(C)C. The van der Waals surface area contributed by atoms with Crippen molar-refractivity contribution in [3.05, 3.63) is 29.6 Å². The summed E-state index contributed by atoms with van der Waals surface area (Å²) >= 11 is 0. The van der Waals surface area contributed by atoms with Gasteiger partial charge in [-0.1, -0.05) is 19.9 Å². The molecule has 19 heavy (non-hydrogen) atoms. The maximum absolute atomic E-state index is 4.84. The summed E-state index contributed by atoms with van der Waals surface area (Å²) in [5.41, 5.74) is 3.76. The average Bonchev–Trinajstić information content (AvgIpc) is 2.76. The Morgan fingerprint density at radius 1 is 1.26 bits per heavy atom. The van der Waals surface area contributed by atoms with Crippen LogP contribution in [0.3, 0.4) is 0 Å². The number of hydrogen-bond donors (Lipinski definition) is 1. The van der Waals surface area contributed by atoms with E-state index in [2.05, 4.69) is 55.8 Å². The summed E-state index contributed by atoms with van der Waals surface area (Å²) in [4.78, 5) is 4.84. The molecule has 0 spiro atoms. The molecule has 0 radical (unpaired) electrons. The molecule has 1 heterocycles. The highest BCUT2D eigenvalue weighted by molar-refractivity contribution is 5.77. The van der Waals surface area contributed by atoms with Gasteiger partial charge in [-0.05, 0) is 44.5 Å². The molecule has 0 aliphatic carbocycles. The minimum Gasteiger partial charge on any atom is -0.325 e. The fourth-order valence-corrected chi connectivity index (χ4v) is 2.54. The Labute approximate surface area is 116 Å². The van der Waals surface area contributed by atoms with Gasteiger partial charge in [-0.2, -0.15) is 0 Å². The number of benzene rings is 1. The summed E-state index contributed by atoms with van der Waals surface area (Å²) in [5.74, 6) is 1.19. The molecule has 1 aromatic carbocycles. The van der Waals surface area contributed by atoms with Crippen molar-refractivity contribution >= 4 is 11.0 Å². The van der Waals surface area contributed by atoms with Crippen LogP contribution in [0.4, 0.5) is 0 Å². The van der Waals surface area contributed by atoms with E-state index in [0.29, 0.717) is 6.04 Å². The Bertz CT molecular complexity index is 540. The minimum absolute atomic E-state index is 0.453. The molecule has 0 aliphatic rings. The molecule has 0 bridgehead atoms. The molecule has 1 aromatic heterocycles. The van der Waals surface area contributed by atoms with Crippen molar-refractivity contribution in [2.75, 3.05) is 13.1 Å². The van der Waals surface area contributed by atoms with E-state index in [-0.39, 0.29) is 0 Å². The summed E-state index contributed by atoms with van der Waals surface area (Å²) in [6.45, 7) is 10.8. The third-order valence-electron chi connectivity index (χ3n) is 3.53. The van der Waals surface area contributed by atoms with Gasteiger partial charge >= 0.3 is 0 Å². The fraction of sp³-hybridized carbons (Fsp3) is 0.562. The van der Waals surface area contributed by atoms with Gasteiger partial charge in [0.25, 0.3) is 0 Å². The molecule has 0 fully saturated rings. The van der Waals surface area contributed by atoms with Crippen LogP contribution in [0.15, 0.2) is 18.2 Å². The second-order valence-electron chi connectivity index (χ2n) is 5.27. The first kappa shape index (κ1) is 14.1. The molecule has 0 unspecified atom stereocenters. The average molecular weight is 259 g/mol. The van der Waals surface area contributed by atoms with Crippen LogP contribution in [0.5, 0.6) is 0 Å². The molecular formula is C16H25N3. The van der Waals surface area contributed by atoms with Crippen molar-refractivity contribution < 1.29 is 0 Å². The lowest BCUT2D eigenvalue weighted by molar-refractivity contribution is 0.572. The summed E-state index contributed by atoms with van der Waals surface area (Å²) < 4.78 is 2.37. The molecule has 3 nitrogen and oxygen atoms in total. The third kappa shape index (κ3) is 2.98. The third-order valence-corrected chi connectivity index (χ3v) is 3.53. The first-order valence-corrected chi connectivity index (χ1v) is 7.37. The predicted octanol–water partition coefficient (Wildman–Crippen LogP) is 3.33. The van der Waals surface area contributed by atoms with Crippen LogP contribution in [0.2, 0.25) is 0 Å². The van der Waals surface area contributed by atoms with Gasteiger partial charge in [-0.15, -0.1) is 0 Å². The van der Waals surface area contributed by atoms with E-state index in [1.54, 1.807) is 0 Å². The highest BCUT2D eigenvalue weighted by Gasteiger charge is 2.12. The number of imidazole rings is 1. The highest BCUT2D eigenvalue weighted by Crippen LogP contribution is 2.22. The first-order valence-electron chi connectivity index (χ1n) is 7.37. The van der Waals surface area contributed by atoms with Crippen LogP contribution in [0, 0.1) is 0 Å². The molecule has 0 atom stereocenters. The number of nitrogens with zero attached hydrogens (tertiary/aromatic N) is 2. The number of fused-ring (bicyclic) bond motifs is 1. The normalized spacial score (nSPS) is 11.6. The fourth-order valence-electron chi connectivity index (χ4n) is 2.54. The number of likely N-dealkylation sites (N-methyl/N-ethyl adjacent to an activating group) is 1. The van der Waals surface area contributed by atoms with E-state index in [9.17, 15) is 0 Å². The van der Waals surface area contributed by atoms with Gasteiger partial charge in [-0.3, -0.25) is 0 Å². The molecule has 2 rings (SSSR count). The Hall–Kier alpha value is -1.35. The maximum atomic E-state index is 4.84. The van der Waals surface area contributed by atoms with E-state index >= 15 is 0 Å². The molecule has 0 saturated heterocycles. The lowest BCUT2D eigenvalue weighted by Gasteiger charge is -2.13. The Morgan fingerprint density at radius 2 is 2.05 bits per heavy atom. The van der Waals surface area contributed by atoms with Gasteiger partial charge in [0.15, 0.2) is 0 Å². The van der Waals surface area contributed by atoms with Gasteiger partial charge < -0.3 is 9.88 Å². The zero-order chi connectivity index (χ0) is 13.8. The molecule has 0 saturated carbocycles. The Balaban J connectivity index is 2.40. The van der Waals surface area contributed by atoms with Crippen LogP contribution >= 0.6 is 0 Å². The van der Waals surface area contributed by atoms with Crippen LogP contribution in [0.1, 0.15) is 45.1 Å². The van der Waals surface area contributed by atoms with Crippen molar-refractivity contribution in [3.63, 3.8) is 0 Å². The summed E-state index contributed by atoms with van der Waals surface area (Å²) in [6, 6.07) is 7.12. The second-order valence-corrected chi connectivity index (χ2v) is 5.27. The first-order chi connectivity index (χ1) is 9.17. The molecule has 0 amide bonds. The zero-order valence-corrected chi connectivity index (χ0v) is 12.5. The van der Waals surface area contributed by atoms with E-state index < -0.39 is 0 Å². The molecule has 2 aromatic rings. The van der Waals surface area contributed by atoms with E-state index in [0.717, 1.165) is 31.4 Å². The molecule has 3 heteroatoms. The Morgan fingerprint density at radius 3 is 2.68 bits per heavy atom. The molecule has 1 N–H and O–H groups in total. The van der Waals surface area contributed by atoms with Crippen LogP contribution < -0.4 is 5.32 Å². The Kier molecular flexibility index (Phi) is 4.59. The van der Waals surface area contributed by atoms with Gasteiger partial charge in [0.1, 0.15) is 5.82 Å². The zero-order valence-electron chi connectivity index (χ0n) is 12.5. The largest absolute Gasteiger partial charge is 0.325 e. The number of aromatic nitrogens is 2. The number of rotatable bonds is 6. The number of nitrogens with one attached hydrogen (secondary N) is 1. The smallest absolute Gasteiger partial charge is 0.111 e. The van der Waals surface area contributed by atoms with Crippen molar-refractivity contribution in [2.45, 2.75) is 46.6 Å². The van der Waals surface area contributed by atoms with Crippen LogP contribution in [0.25, 0.3) is 11.0 Å². The van der Waals surface area contributed by atoms with Crippen molar-refractivity contribution in [3.8, 4) is 0 Å². The van der Waals surface area contributed by atoms with Crippen molar-refractivity contribution in [1.29, 1.82) is 0 Å². The maximum Gasteiger partial charge on any atom is 0.111 e. The van der Waals surface area contributed by atoms with Gasteiger partial charge in [0, 0.05) is 19.0 Å². The summed E-state index contributed by atoms with van der Waals surface area (Å²) in [6.07, 6.45) is 2.05. The van der Waals surface area contributed by atoms with Crippen molar-refractivity contribution in [2.24, 2.45) is 0 Å². The van der Waals surface area contributed by atoms with Crippen molar-refractivity contribution in [1.82, 2.24) is 14.9 Å². The predicted molar refractivity (Wildman–Crippen MR) is 81.7 cm³/mol. The van der Waals surface area contributed by atoms with E-state index in [1.165, 1.54) is 16.9 Å². The molecular weight excluding hydrogens is 234 g/mol. The topological polar surface area (TPSA) is 29.9 Å². The van der Waals surface area contributed by atoms with Gasteiger partial charge in [0.2, 0.25) is 0 Å². The monoisotopic (exact) mass is 259 g/mol. The quantitative estimate of drug-likeness (QED) is 0.806. The summed E-state index contributed by atoms with van der Waals surface area (Å²) in [7, 11) is 0. The standard InChI is InChI=1S/C16H25N3/c1-5-13-7-8-15-14(11-13)18-16(9-10-17-6-2)19(15)12(3)4/h7-8,11-12,17H,5-6,9-10H2,1-4H3. The minimum atomic E-state index is 0.453. The number of hydrogen-bond acceptors (Lipinski definition) is 2. The molecule has 0 aliphatic heterocycles. The van der Waals surface area contributed by atoms with Crippen LogP contribution in [-0.4, -0.2) is 22.6 Å².